The van der Waals surface area contributed by atoms with Gasteiger partial charge in [-0.1, -0.05) is 13.8 Å². The average Bonchev–Trinajstić information content (AvgIpc) is 2.96. The van der Waals surface area contributed by atoms with Gasteiger partial charge in [0.2, 0.25) is 0 Å². The molecule has 1 N–H and O–H groups in total. The fourth-order valence-electron chi connectivity index (χ4n) is 2.39. The van der Waals surface area contributed by atoms with Crippen molar-refractivity contribution >= 4 is 0 Å². The largest absolute Gasteiger partial charge is 0.467 e. The van der Waals surface area contributed by atoms with Gasteiger partial charge in [-0.2, -0.15) is 5.10 Å². The summed E-state index contributed by atoms with van der Waals surface area (Å²) >= 11 is 0. The molecular weight excluding hydrogens is 238 g/mol. The molecule has 0 aromatic carbocycles. The first-order chi connectivity index (χ1) is 9.15. The van der Waals surface area contributed by atoms with E-state index in [1.54, 1.807) is 6.26 Å². The van der Waals surface area contributed by atoms with Gasteiger partial charge < -0.3 is 9.73 Å². The predicted octanol–water partition coefficient (Wildman–Crippen LogP) is 2.78. The maximum absolute atomic E-state index is 5.63. The standard InChI is InChI=1S/C15H23N3O/c1-5-12-9-13(18(4)17-12)10-14(16-6-2)15-11(3)7-8-19-15/h7-9,14,16H,5-6,10H2,1-4H3. The molecule has 2 aromatic heterocycles. The quantitative estimate of drug-likeness (QED) is 0.869. The second kappa shape index (κ2) is 6.06. The number of aryl methyl sites for hydroxylation is 3. The summed E-state index contributed by atoms with van der Waals surface area (Å²) in [6.07, 6.45) is 3.63. The zero-order valence-corrected chi connectivity index (χ0v) is 12.2. The number of nitrogens with one attached hydrogen (secondary N) is 1. The predicted molar refractivity (Wildman–Crippen MR) is 76.2 cm³/mol. The third kappa shape index (κ3) is 3.07. The van der Waals surface area contributed by atoms with E-state index in [0.717, 1.165) is 30.8 Å². The van der Waals surface area contributed by atoms with Crippen LogP contribution < -0.4 is 5.32 Å². The van der Waals surface area contributed by atoms with E-state index in [-0.39, 0.29) is 6.04 Å². The van der Waals surface area contributed by atoms with Gasteiger partial charge >= 0.3 is 0 Å². The molecule has 104 valence electrons. The molecule has 4 nitrogen and oxygen atoms in total. The summed E-state index contributed by atoms with van der Waals surface area (Å²) in [6, 6.07) is 4.41. The Morgan fingerprint density at radius 2 is 2.21 bits per heavy atom. The number of aromatic nitrogens is 2. The highest BCUT2D eigenvalue weighted by atomic mass is 16.3. The van der Waals surface area contributed by atoms with Crippen LogP contribution in [0.5, 0.6) is 0 Å². The van der Waals surface area contributed by atoms with Gasteiger partial charge in [-0.15, -0.1) is 0 Å². The zero-order chi connectivity index (χ0) is 13.8. The van der Waals surface area contributed by atoms with E-state index < -0.39 is 0 Å². The van der Waals surface area contributed by atoms with Gasteiger partial charge in [-0.25, -0.2) is 0 Å². The molecule has 2 aromatic rings. The van der Waals surface area contributed by atoms with Crippen LogP contribution in [0.15, 0.2) is 22.8 Å². The van der Waals surface area contributed by atoms with Crippen LogP contribution in [0.4, 0.5) is 0 Å². The van der Waals surface area contributed by atoms with E-state index in [1.807, 2.05) is 17.8 Å². The monoisotopic (exact) mass is 261 g/mol. The van der Waals surface area contributed by atoms with E-state index in [2.05, 4.69) is 37.3 Å². The topological polar surface area (TPSA) is 43.0 Å². The molecule has 2 heterocycles. The molecule has 4 heteroatoms. The molecular formula is C15H23N3O. The molecule has 0 fully saturated rings. The Labute approximate surface area is 114 Å². The molecule has 0 aliphatic carbocycles. The minimum atomic E-state index is 0.208. The normalized spacial score (nSPS) is 12.8. The Bertz CT molecular complexity index is 527. The van der Waals surface area contributed by atoms with Crippen LogP contribution >= 0.6 is 0 Å². The van der Waals surface area contributed by atoms with Gasteiger partial charge in [0.15, 0.2) is 0 Å². The summed E-state index contributed by atoms with van der Waals surface area (Å²) in [4.78, 5) is 0. The van der Waals surface area contributed by atoms with Crippen LogP contribution in [0.25, 0.3) is 0 Å². The molecule has 1 atom stereocenters. The fraction of sp³-hybridized carbons (Fsp3) is 0.533. The SMILES string of the molecule is CCNC(Cc1cc(CC)nn1C)c1occc1C. The molecule has 0 aliphatic heterocycles. The fourth-order valence-corrected chi connectivity index (χ4v) is 2.39. The molecule has 0 radical (unpaired) electrons. The van der Waals surface area contributed by atoms with E-state index >= 15 is 0 Å². The zero-order valence-electron chi connectivity index (χ0n) is 12.2. The molecule has 0 saturated carbocycles. The summed E-state index contributed by atoms with van der Waals surface area (Å²) in [7, 11) is 2.01. The molecule has 19 heavy (non-hydrogen) atoms. The summed E-state index contributed by atoms with van der Waals surface area (Å²) in [5, 5.41) is 8.00. The van der Waals surface area contributed by atoms with Crippen molar-refractivity contribution in [2.75, 3.05) is 6.54 Å². The van der Waals surface area contributed by atoms with Crippen molar-refractivity contribution in [1.29, 1.82) is 0 Å². The number of hydrogen-bond donors (Lipinski definition) is 1. The van der Waals surface area contributed by atoms with Crippen molar-refractivity contribution in [3.8, 4) is 0 Å². The number of likely N-dealkylation sites (N-methyl/N-ethyl adjacent to an activating group) is 1. The van der Waals surface area contributed by atoms with Gasteiger partial charge in [-0.05, 0) is 37.6 Å². The van der Waals surface area contributed by atoms with E-state index in [4.69, 9.17) is 4.42 Å². The maximum atomic E-state index is 5.63. The first-order valence-corrected chi connectivity index (χ1v) is 6.94. The van der Waals surface area contributed by atoms with Crippen molar-refractivity contribution in [2.24, 2.45) is 7.05 Å². The average molecular weight is 261 g/mol. The maximum Gasteiger partial charge on any atom is 0.123 e. The minimum absolute atomic E-state index is 0.208. The number of furan rings is 1. The Morgan fingerprint density at radius 3 is 2.74 bits per heavy atom. The van der Waals surface area contributed by atoms with Crippen LogP contribution in [-0.2, 0) is 19.9 Å². The summed E-state index contributed by atoms with van der Waals surface area (Å²) in [5.41, 5.74) is 3.58. The van der Waals surface area contributed by atoms with Crippen molar-refractivity contribution in [1.82, 2.24) is 15.1 Å². The van der Waals surface area contributed by atoms with E-state index in [9.17, 15) is 0 Å². The van der Waals surface area contributed by atoms with Crippen molar-refractivity contribution in [3.63, 3.8) is 0 Å². The highest BCUT2D eigenvalue weighted by Crippen LogP contribution is 2.23. The Hall–Kier alpha value is -1.55. The van der Waals surface area contributed by atoms with Crippen molar-refractivity contribution in [3.05, 3.63) is 41.1 Å². The third-order valence-electron chi connectivity index (χ3n) is 3.47. The molecule has 0 aliphatic rings. The van der Waals surface area contributed by atoms with Crippen molar-refractivity contribution < 1.29 is 4.42 Å². The first kappa shape index (κ1) is 13.9. The van der Waals surface area contributed by atoms with Crippen LogP contribution in [0.2, 0.25) is 0 Å². The second-order valence-electron chi connectivity index (χ2n) is 4.89. The Balaban J connectivity index is 2.21. The minimum Gasteiger partial charge on any atom is -0.467 e. The molecule has 1 unspecified atom stereocenters. The lowest BCUT2D eigenvalue weighted by molar-refractivity contribution is 0.408. The second-order valence-corrected chi connectivity index (χ2v) is 4.89. The van der Waals surface area contributed by atoms with Gasteiger partial charge in [0.1, 0.15) is 5.76 Å². The van der Waals surface area contributed by atoms with Gasteiger partial charge in [-0.3, -0.25) is 4.68 Å². The lowest BCUT2D eigenvalue weighted by Gasteiger charge is -2.16. The highest BCUT2D eigenvalue weighted by molar-refractivity contribution is 5.21. The Kier molecular flexibility index (Phi) is 4.43. The van der Waals surface area contributed by atoms with E-state index in [1.165, 1.54) is 11.3 Å². The number of hydrogen-bond acceptors (Lipinski definition) is 3. The molecule has 0 saturated heterocycles. The first-order valence-electron chi connectivity index (χ1n) is 6.94. The third-order valence-corrected chi connectivity index (χ3v) is 3.47. The van der Waals surface area contributed by atoms with E-state index in [0.29, 0.717) is 0 Å². The van der Waals surface area contributed by atoms with Crippen LogP contribution in [0.3, 0.4) is 0 Å². The van der Waals surface area contributed by atoms with Crippen LogP contribution in [0, 0.1) is 6.92 Å². The van der Waals surface area contributed by atoms with Crippen LogP contribution in [-0.4, -0.2) is 16.3 Å². The smallest absolute Gasteiger partial charge is 0.123 e. The van der Waals surface area contributed by atoms with Gasteiger partial charge in [0, 0.05) is 19.2 Å². The number of rotatable bonds is 6. The van der Waals surface area contributed by atoms with Crippen molar-refractivity contribution in [2.45, 2.75) is 39.7 Å². The highest BCUT2D eigenvalue weighted by Gasteiger charge is 2.18. The lowest BCUT2D eigenvalue weighted by atomic mass is 10.1. The lowest BCUT2D eigenvalue weighted by Crippen LogP contribution is -2.24. The number of nitrogens with zero attached hydrogens (tertiary/aromatic N) is 2. The summed E-state index contributed by atoms with van der Waals surface area (Å²) in [6.45, 7) is 7.25. The molecule has 0 amide bonds. The molecule has 2 rings (SSSR count). The van der Waals surface area contributed by atoms with Crippen LogP contribution in [0.1, 0.15) is 42.6 Å². The van der Waals surface area contributed by atoms with Gasteiger partial charge in [0.25, 0.3) is 0 Å². The summed E-state index contributed by atoms with van der Waals surface area (Å²) in [5.74, 6) is 1.03. The summed E-state index contributed by atoms with van der Waals surface area (Å²) < 4.78 is 7.61. The molecule has 0 spiro atoms. The van der Waals surface area contributed by atoms with Gasteiger partial charge in [0.05, 0.1) is 18.0 Å². The molecule has 0 bridgehead atoms. The Morgan fingerprint density at radius 1 is 1.42 bits per heavy atom.